The number of nitrogens with two attached hydrogens (primary N) is 1. The van der Waals surface area contributed by atoms with Crippen molar-refractivity contribution in [3.8, 4) is 0 Å². The molecule has 8 heteroatoms. The number of hydrogen-bond acceptors (Lipinski definition) is 4. The van der Waals surface area contributed by atoms with Crippen LogP contribution >= 0.6 is 24.8 Å². The van der Waals surface area contributed by atoms with Gasteiger partial charge in [-0.15, -0.1) is 24.8 Å². The molecule has 0 atom stereocenters. The maximum Gasteiger partial charge on any atom is 0.242 e. The lowest BCUT2D eigenvalue weighted by atomic mass is 9.87. The Balaban J connectivity index is 0.00000288. The van der Waals surface area contributed by atoms with Crippen molar-refractivity contribution in [1.82, 2.24) is 15.1 Å². The maximum atomic E-state index is 12.2. The smallest absolute Gasteiger partial charge is 0.242 e. The third-order valence-corrected chi connectivity index (χ3v) is 4.96. The molecule has 2 fully saturated rings. The van der Waals surface area contributed by atoms with Gasteiger partial charge in [-0.2, -0.15) is 0 Å². The summed E-state index contributed by atoms with van der Waals surface area (Å²) >= 11 is 0. The lowest BCUT2D eigenvalue weighted by Gasteiger charge is -2.37. The van der Waals surface area contributed by atoms with Crippen LogP contribution in [0.15, 0.2) is 0 Å². The van der Waals surface area contributed by atoms with Crippen molar-refractivity contribution in [1.29, 1.82) is 0 Å². The van der Waals surface area contributed by atoms with E-state index in [0.717, 1.165) is 31.8 Å². The van der Waals surface area contributed by atoms with Crippen LogP contribution in [0, 0.1) is 5.92 Å². The van der Waals surface area contributed by atoms with E-state index >= 15 is 0 Å². The number of carbonyl (C=O) groups excluding carboxylic acids is 2. The molecule has 6 nitrogen and oxygen atoms in total. The van der Waals surface area contributed by atoms with E-state index in [2.05, 4.69) is 17.1 Å². The van der Waals surface area contributed by atoms with Gasteiger partial charge in [0.2, 0.25) is 11.8 Å². The number of carbonyl (C=O) groups is 2. The fourth-order valence-corrected chi connectivity index (χ4v) is 3.40. The number of piperazine rings is 1. The van der Waals surface area contributed by atoms with Crippen molar-refractivity contribution in [2.45, 2.75) is 58.0 Å². The van der Waals surface area contributed by atoms with Crippen molar-refractivity contribution in [2.75, 3.05) is 32.7 Å². The van der Waals surface area contributed by atoms with E-state index in [4.69, 9.17) is 5.73 Å². The van der Waals surface area contributed by atoms with Gasteiger partial charge in [0.25, 0.3) is 0 Å². The van der Waals surface area contributed by atoms with E-state index in [0.29, 0.717) is 25.7 Å². The van der Waals surface area contributed by atoms with Crippen LogP contribution in [0.1, 0.15) is 46.5 Å². The monoisotopic (exact) mass is 396 g/mol. The lowest BCUT2D eigenvalue weighted by Crippen LogP contribution is -2.58. The summed E-state index contributed by atoms with van der Waals surface area (Å²) in [6.07, 6.45) is 4.61. The minimum Gasteiger partial charge on any atom is -0.352 e. The molecule has 3 N–H and O–H groups in total. The number of nitrogens with one attached hydrogen (secondary N) is 1. The first-order valence-corrected chi connectivity index (χ1v) is 8.85. The zero-order valence-corrected chi connectivity index (χ0v) is 17.3. The molecule has 1 aliphatic carbocycles. The molecule has 0 radical (unpaired) electrons. The molecule has 0 bridgehead atoms. The highest BCUT2D eigenvalue weighted by Gasteiger charge is 2.30. The normalized spacial score (nSPS) is 24.7. The van der Waals surface area contributed by atoms with Gasteiger partial charge >= 0.3 is 0 Å². The molecule has 2 amide bonds. The van der Waals surface area contributed by atoms with Crippen molar-refractivity contribution in [3.63, 3.8) is 0 Å². The molecule has 2 aliphatic rings. The van der Waals surface area contributed by atoms with Crippen LogP contribution < -0.4 is 11.1 Å². The zero-order valence-electron chi connectivity index (χ0n) is 15.6. The predicted octanol–water partition coefficient (Wildman–Crippen LogP) is 1.41. The second-order valence-electron chi connectivity index (χ2n) is 7.81. The molecule has 1 heterocycles. The summed E-state index contributed by atoms with van der Waals surface area (Å²) in [4.78, 5) is 28.2. The summed E-state index contributed by atoms with van der Waals surface area (Å²) < 4.78 is 0. The Kier molecular flexibility index (Phi) is 10.3. The largest absolute Gasteiger partial charge is 0.352 e. The van der Waals surface area contributed by atoms with Gasteiger partial charge in [0.05, 0.1) is 12.1 Å². The van der Waals surface area contributed by atoms with Crippen molar-refractivity contribution in [2.24, 2.45) is 11.7 Å². The summed E-state index contributed by atoms with van der Waals surface area (Å²) in [5, 5.41) is 3.16. The van der Waals surface area contributed by atoms with E-state index < -0.39 is 5.54 Å². The molecular formula is C17H34Cl2N4O2. The molecule has 25 heavy (non-hydrogen) atoms. The standard InChI is InChI=1S/C17H32N4O2.2ClH/c1-13-4-6-14(7-5-13)19-15(22)12-20-8-10-21(11-9-20)16(23)17(2,3)18;;/h13-14H,4-12,18H2,1-3H3,(H,19,22);2*1H. The Hall–Kier alpha value is -0.560. The molecule has 1 aliphatic heterocycles. The van der Waals surface area contributed by atoms with Crippen LogP contribution in [0.25, 0.3) is 0 Å². The van der Waals surface area contributed by atoms with E-state index in [1.165, 1.54) is 12.8 Å². The highest BCUT2D eigenvalue weighted by atomic mass is 35.5. The summed E-state index contributed by atoms with van der Waals surface area (Å²) in [7, 11) is 0. The fraction of sp³-hybridized carbons (Fsp3) is 0.882. The molecule has 0 aromatic heterocycles. The second kappa shape index (κ2) is 10.6. The maximum absolute atomic E-state index is 12.2. The topological polar surface area (TPSA) is 78.7 Å². The van der Waals surface area contributed by atoms with E-state index in [1.54, 1.807) is 18.7 Å². The van der Waals surface area contributed by atoms with Crippen LogP contribution in [0.5, 0.6) is 0 Å². The van der Waals surface area contributed by atoms with Gasteiger partial charge in [-0.1, -0.05) is 6.92 Å². The third-order valence-electron chi connectivity index (χ3n) is 4.96. The van der Waals surface area contributed by atoms with Crippen molar-refractivity contribution >= 4 is 36.6 Å². The van der Waals surface area contributed by atoms with Gasteiger partial charge in [0.1, 0.15) is 0 Å². The molecule has 1 saturated carbocycles. The molecule has 1 saturated heterocycles. The minimum atomic E-state index is -0.822. The average molecular weight is 397 g/mol. The van der Waals surface area contributed by atoms with Crippen LogP contribution in [0.2, 0.25) is 0 Å². The molecule has 0 spiro atoms. The fourth-order valence-electron chi connectivity index (χ4n) is 3.40. The van der Waals surface area contributed by atoms with Crippen LogP contribution in [-0.2, 0) is 9.59 Å². The van der Waals surface area contributed by atoms with E-state index in [9.17, 15) is 9.59 Å². The second-order valence-corrected chi connectivity index (χ2v) is 7.81. The van der Waals surface area contributed by atoms with Gasteiger partial charge < -0.3 is 16.0 Å². The third kappa shape index (κ3) is 7.69. The Morgan fingerprint density at radius 2 is 1.56 bits per heavy atom. The summed E-state index contributed by atoms with van der Waals surface area (Å²) in [6, 6.07) is 0.347. The molecule has 0 unspecified atom stereocenters. The van der Waals surface area contributed by atoms with Gasteiger partial charge in [-0.05, 0) is 45.4 Å². The highest BCUT2D eigenvalue weighted by molar-refractivity contribution is 5.86. The van der Waals surface area contributed by atoms with Gasteiger partial charge in [0, 0.05) is 32.2 Å². The number of hydrogen-bond donors (Lipinski definition) is 2. The Labute approximate surface area is 164 Å². The summed E-state index contributed by atoms with van der Waals surface area (Å²) in [6.45, 7) is 8.94. The van der Waals surface area contributed by atoms with Crippen LogP contribution in [-0.4, -0.2) is 65.9 Å². The first kappa shape index (κ1) is 24.4. The van der Waals surface area contributed by atoms with Gasteiger partial charge in [-0.3, -0.25) is 14.5 Å². The molecule has 0 aromatic carbocycles. The quantitative estimate of drug-likeness (QED) is 0.752. The minimum absolute atomic E-state index is 0. The van der Waals surface area contributed by atoms with E-state index in [1.807, 2.05) is 0 Å². The predicted molar refractivity (Wildman–Crippen MR) is 105 cm³/mol. The first-order valence-electron chi connectivity index (χ1n) is 8.85. The van der Waals surface area contributed by atoms with Gasteiger partial charge in [-0.25, -0.2) is 0 Å². The molecule has 0 aromatic rings. The van der Waals surface area contributed by atoms with Crippen molar-refractivity contribution in [3.05, 3.63) is 0 Å². The molecular weight excluding hydrogens is 363 g/mol. The van der Waals surface area contributed by atoms with Gasteiger partial charge in [0.15, 0.2) is 0 Å². The number of amides is 2. The zero-order chi connectivity index (χ0) is 17.0. The molecule has 148 valence electrons. The number of rotatable bonds is 4. The van der Waals surface area contributed by atoms with Crippen molar-refractivity contribution < 1.29 is 9.59 Å². The summed E-state index contributed by atoms with van der Waals surface area (Å²) in [5.74, 6) is 0.891. The van der Waals surface area contributed by atoms with Crippen LogP contribution in [0.4, 0.5) is 0 Å². The van der Waals surface area contributed by atoms with E-state index in [-0.39, 0.29) is 36.6 Å². The Morgan fingerprint density at radius 1 is 1.04 bits per heavy atom. The summed E-state index contributed by atoms with van der Waals surface area (Å²) in [5.41, 5.74) is 5.05. The Morgan fingerprint density at radius 3 is 2.04 bits per heavy atom. The average Bonchev–Trinajstić information content (AvgIpc) is 2.49. The van der Waals surface area contributed by atoms with Crippen LogP contribution in [0.3, 0.4) is 0 Å². The molecule has 2 rings (SSSR count). The Bertz CT molecular complexity index is 427. The highest BCUT2D eigenvalue weighted by Crippen LogP contribution is 2.23. The number of nitrogens with zero attached hydrogens (tertiary/aromatic N) is 2. The lowest BCUT2D eigenvalue weighted by molar-refractivity contribution is -0.137. The number of halogens is 2. The SMILES string of the molecule is CC1CCC(NC(=O)CN2CCN(C(=O)C(C)(C)N)CC2)CC1.Cl.Cl. The first-order chi connectivity index (χ1) is 10.8.